The molecular formula is C57H54ClF10N8O15PS2. The van der Waals surface area contributed by atoms with Crippen LogP contribution in [0.5, 0.6) is 5.75 Å². The molecule has 0 radical (unpaired) electrons. The lowest BCUT2D eigenvalue weighted by atomic mass is 9.77. The van der Waals surface area contributed by atoms with Crippen molar-refractivity contribution in [2.45, 2.75) is 133 Å². The Morgan fingerprint density at radius 1 is 0.926 bits per heavy atom. The summed E-state index contributed by atoms with van der Waals surface area (Å²) < 4.78 is 215. The van der Waals surface area contributed by atoms with E-state index >= 15 is 17.6 Å². The molecule has 7 N–H and O–H groups in total. The number of carbonyl (C=O) groups is 5. The summed E-state index contributed by atoms with van der Waals surface area (Å²) in [6.45, 7) is 1.63. The summed E-state index contributed by atoms with van der Waals surface area (Å²) in [5.41, 5.74) is -9.21. The van der Waals surface area contributed by atoms with Crippen LogP contribution in [-0.2, 0) is 99.6 Å². The maximum absolute atomic E-state index is 15.8. The number of rotatable bonds is 23. The largest absolute Gasteiger partial charge is 0.524 e. The predicted molar refractivity (Wildman–Crippen MR) is 311 cm³/mol. The molecule has 2 aliphatic rings. The van der Waals surface area contributed by atoms with E-state index in [1.807, 2.05) is 5.32 Å². The highest BCUT2D eigenvalue weighted by Crippen LogP contribution is 2.68. The third-order valence-electron chi connectivity index (χ3n) is 15.3. The van der Waals surface area contributed by atoms with Crippen molar-refractivity contribution in [3.05, 3.63) is 128 Å². The smallest absolute Gasteiger partial charge is 0.481 e. The average Bonchev–Trinajstić information content (AvgIpc) is 1.52. The van der Waals surface area contributed by atoms with Crippen LogP contribution in [0.4, 0.5) is 43.9 Å². The maximum Gasteiger partial charge on any atom is 0.524 e. The number of alkyl halides is 8. The van der Waals surface area contributed by atoms with Gasteiger partial charge in [0.15, 0.2) is 15.5 Å². The number of carbonyl (C=O) groups excluding carboxylic acids is 3. The van der Waals surface area contributed by atoms with Crippen molar-refractivity contribution in [2.24, 2.45) is 5.92 Å². The number of carboxylic acid groups (broad SMARTS) is 2. The number of aryl methyl sites for hydroxylation is 1. The second-order valence-electron chi connectivity index (χ2n) is 23.5. The number of pyridine rings is 1. The quantitative estimate of drug-likeness (QED) is 0.0137. The van der Waals surface area contributed by atoms with Crippen molar-refractivity contribution in [3.8, 4) is 28.7 Å². The number of phosphoric ester groups is 1. The molecule has 3 amide bonds. The molecule has 3 aromatic heterocycles. The fraction of sp³-hybridized carbons (Fsp3) is 0.404. The van der Waals surface area contributed by atoms with E-state index in [9.17, 15) is 92.1 Å². The zero-order valence-electron chi connectivity index (χ0n) is 49.6. The van der Waals surface area contributed by atoms with Gasteiger partial charge in [-0.15, -0.1) is 0 Å². The standard InChI is InChI=1S/C57H54ClF10N8O15PS2/c1-26-13-28(18-41(77)71-38(52(82)83)21-44(80)81)47(40(14-26)91-92(84,85)86)53(2,3)22-43(79)76(93(87)88)23-39-46-36(58)10-9-33(49(46)75(72-39)25-55(61,62)63)32-8-7-31(11-12-54(4,5)94(6,89)90)69-48(32)37(17-27-15-29(59)19-30(60)16-27)70-42(78)24-74-51-45(50(73-74)57(66,67)68)34-20-35(34)56(51,64)65/h7-10,13-16,19,34-35,37-38H,17-18,20-25H2,1-6H3,(H,70,78)(H,71,77)(H,80,81)(H,82,83)(H,87,88)(H2,84,85,86)/t34-,35+,37-,38-/m0/s1. The lowest BCUT2D eigenvalue weighted by Gasteiger charge is -2.31. The van der Waals surface area contributed by atoms with Crippen molar-refractivity contribution in [2.75, 3.05) is 6.26 Å². The van der Waals surface area contributed by atoms with Crippen molar-refractivity contribution in [1.29, 1.82) is 0 Å². The van der Waals surface area contributed by atoms with E-state index in [0.29, 0.717) is 10.7 Å². The highest BCUT2D eigenvalue weighted by Gasteiger charge is 2.68. The maximum atomic E-state index is 15.8. The third kappa shape index (κ3) is 16.0. The van der Waals surface area contributed by atoms with Gasteiger partial charge < -0.3 is 25.4 Å². The summed E-state index contributed by atoms with van der Waals surface area (Å²) in [4.78, 5) is 90.0. The number of hydrogen-bond acceptors (Lipinski definition) is 13. The van der Waals surface area contributed by atoms with Gasteiger partial charge in [0.1, 0.15) is 52.7 Å². The minimum atomic E-state index is -5.53. The monoisotopic (exact) mass is 1410 g/mol. The van der Waals surface area contributed by atoms with Gasteiger partial charge in [-0.2, -0.15) is 45.3 Å². The van der Waals surface area contributed by atoms with E-state index in [4.69, 9.17) is 16.1 Å². The Labute approximate surface area is 533 Å². The van der Waals surface area contributed by atoms with Crippen molar-refractivity contribution in [1.82, 2.24) is 39.5 Å². The van der Waals surface area contributed by atoms with Crippen LogP contribution in [0.3, 0.4) is 0 Å². The SMILES string of the molecule is Cc1cc(CC(=O)N[C@@H](CC(=O)O)C(=O)O)c(C(C)(C)CC(=O)N(Cc2nn(CC(F)(F)F)c3c(-c4ccc(C#CC(C)(C)S(C)(=O)=O)nc4[C@H](Cc4cc(F)cc(F)c4)NC(=O)Cn4nc(C(F)(F)F)c5c4C(F)(F)[C@@H]4C[C@H]54)ccc(Cl)c23)S(=O)O)c(OP(=O)(O)O)c1. The number of nitrogens with one attached hydrogen (secondary N) is 2. The van der Waals surface area contributed by atoms with Crippen LogP contribution in [0.1, 0.15) is 115 Å². The molecule has 0 bridgehead atoms. The van der Waals surface area contributed by atoms with Crippen LogP contribution in [0.25, 0.3) is 22.0 Å². The number of carboxylic acids is 2. The minimum Gasteiger partial charge on any atom is -0.481 e. The molecule has 23 nitrogen and oxygen atoms in total. The Balaban J connectivity index is 1.27. The lowest BCUT2D eigenvalue weighted by Crippen LogP contribution is -2.43. The summed E-state index contributed by atoms with van der Waals surface area (Å²) in [7, 11) is -9.52. The van der Waals surface area contributed by atoms with Gasteiger partial charge in [-0.1, -0.05) is 43.5 Å². The molecule has 2 aliphatic carbocycles. The molecule has 1 saturated carbocycles. The van der Waals surface area contributed by atoms with E-state index in [0.717, 1.165) is 48.7 Å². The first kappa shape index (κ1) is 71.8. The number of aromatic nitrogens is 5. The minimum absolute atomic E-state index is 0.154. The van der Waals surface area contributed by atoms with E-state index in [2.05, 4.69) is 32.3 Å². The van der Waals surface area contributed by atoms with Gasteiger partial charge in [-0.3, -0.25) is 42.9 Å². The molecule has 0 saturated heterocycles. The predicted octanol–water partition coefficient (Wildman–Crippen LogP) is 8.49. The fourth-order valence-electron chi connectivity index (χ4n) is 11.1. The summed E-state index contributed by atoms with van der Waals surface area (Å²) in [6.07, 6.45) is -13.7. The Kier molecular flexibility index (Phi) is 19.8. The summed E-state index contributed by atoms with van der Waals surface area (Å²) >= 11 is 3.32. The van der Waals surface area contributed by atoms with Crippen LogP contribution in [0.15, 0.2) is 54.6 Å². The number of benzene rings is 3. The zero-order valence-corrected chi connectivity index (χ0v) is 52.9. The zero-order chi connectivity index (χ0) is 70.1. The second-order valence-corrected chi connectivity index (χ2v) is 28.5. The van der Waals surface area contributed by atoms with Gasteiger partial charge in [-0.05, 0) is 98.5 Å². The number of aliphatic carboxylic acids is 2. The van der Waals surface area contributed by atoms with Gasteiger partial charge >= 0.3 is 32.1 Å². The van der Waals surface area contributed by atoms with Gasteiger partial charge in [0, 0.05) is 57.7 Å². The van der Waals surface area contributed by atoms with E-state index in [1.54, 1.807) is 0 Å². The van der Waals surface area contributed by atoms with Crippen LogP contribution in [-0.4, -0.2) is 119 Å². The molecular weight excluding hydrogens is 1360 g/mol. The Morgan fingerprint density at radius 3 is 2.14 bits per heavy atom. The number of fused-ring (bicyclic) bond motifs is 4. The third-order valence-corrected chi connectivity index (χ3v) is 18.8. The number of nitrogens with zero attached hydrogens (tertiary/aromatic N) is 6. The van der Waals surface area contributed by atoms with Crippen molar-refractivity contribution >= 4 is 81.1 Å². The first-order chi connectivity index (χ1) is 43.2. The van der Waals surface area contributed by atoms with Crippen molar-refractivity contribution < 1.29 is 114 Å². The van der Waals surface area contributed by atoms with Crippen molar-refractivity contribution in [3.63, 3.8) is 0 Å². The molecule has 1 unspecified atom stereocenters. The molecule has 37 heteroatoms. The highest BCUT2D eigenvalue weighted by atomic mass is 35.5. The normalized spacial score (nSPS) is 16.5. The molecule has 3 heterocycles. The fourth-order valence-corrected chi connectivity index (χ4v) is 12.5. The number of amides is 3. The molecule has 1 fully saturated rings. The molecule has 0 spiro atoms. The van der Waals surface area contributed by atoms with Gasteiger partial charge in [0.25, 0.3) is 17.2 Å². The summed E-state index contributed by atoms with van der Waals surface area (Å²) in [5.74, 6) is -12.0. The Hall–Kier alpha value is -8.00. The van der Waals surface area contributed by atoms with Gasteiger partial charge in [0.05, 0.1) is 47.4 Å². The number of sulfone groups is 1. The topological polar surface area (TPSA) is 340 Å². The molecule has 0 aliphatic heterocycles. The summed E-state index contributed by atoms with van der Waals surface area (Å²) in [6, 6.07) is 4.84. The molecule has 6 aromatic rings. The number of hydrogen-bond donors (Lipinski definition) is 7. The van der Waals surface area contributed by atoms with E-state index in [1.165, 1.54) is 40.7 Å². The molecule has 506 valence electrons. The molecule has 5 atom stereocenters. The second kappa shape index (κ2) is 26.0. The highest BCUT2D eigenvalue weighted by molar-refractivity contribution is 7.92. The van der Waals surface area contributed by atoms with Gasteiger partial charge in [0.2, 0.25) is 17.7 Å². The van der Waals surface area contributed by atoms with Gasteiger partial charge in [-0.25, -0.2) is 40.1 Å². The first-order valence-corrected chi connectivity index (χ1v) is 32.4. The Morgan fingerprint density at radius 2 is 1.56 bits per heavy atom. The van der Waals surface area contributed by atoms with Crippen LogP contribution >= 0.6 is 19.4 Å². The van der Waals surface area contributed by atoms with Crippen LogP contribution < -0.4 is 15.2 Å². The summed E-state index contributed by atoms with van der Waals surface area (Å²) in [5, 5.41) is 29.8. The molecule has 8 rings (SSSR count). The average molecular weight is 1410 g/mol. The lowest BCUT2D eigenvalue weighted by molar-refractivity contribution is -0.147. The molecule has 94 heavy (non-hydrogen) atoms. The van der Waals surface area contributed by atoms with E-state index < -0.39 is 218 Å². The van der Waals surface area contributed by atoms with Crippen LogP contribution in [0.2, 0.25) is 5.02 Å². The first-order valence-electron chi connectivity index (χ1n) is 27.5. The molecule has 3 aromatic carbocycles. The number of phosphoric acid groups is 1. The Bertz CT molecular complexity index is 4360. The van der Waals surface area contributed by atoms with E-state index in [-0.39, 0.29) is 54.5 Å². The number of halogens is 11. The van der Waals surface area contributed by atoms with Crippen LogP contribution in [0, 0.1) is 36.3 Å².